The van der Waals surface area contributed by atoms with Gasteiger partial charge in [0.15, 0.2) is 0 Å². The van der Waals surface area contributed by atoms with Gasteiger partial charge in [-0.05, 0) is 33.1 Å². The van der Waals surface area contributed by atoms with Crippen molar-refractivity contribution in [3.8, 4) is 0 Å². The number of hydrogen-bond donors (Lipinski definition) is 0. The smallest absolute Gasteiger partial charge is 0.142 e. The molecule has 0 N–H and O–H groups in total. The average molecular weight is 264 g/mol. The largest absolute Gasteiger partial charge is 0.384 e. The summed E-state index contributed by atoms with van der Waals surface area (Å²) in [6, 6.07) is 0. The van der Waals surface area contributed by atoms with Crippen LogP contribution in [0.25, 0.3) is 0 Å². The zero-order chi connectivity index (χ0) is 14.5. The highest BCUT2D eigenvalue weighted by atomic mass is 16.5. The first-order chi connectivity index (χ1) is 8.97. The van der Waals surface area contributed by atoms with E-state index in [1.807, 2.05) is 13.8 Å². The molecule has 1 rings (SSSR count). The SMILES string of the molecule is C=C1CCC(=O)[C@@](CCC=C(C)C)(COC)[C@H]1C=O. The van der Waals surface area contributed by atoms with Gasteiger partial charge in [0.2, 0.25) is 0 Å². The molecular weight excluding hydrogens is 240 g/mol. The number of aldehydes is 1. The second-order valence-corrected chi connectivity index (χ2v) is 5.60. The molecule has 3 heteroatoms. The lowest BCUT2D eigenvalue weighted by atomic mass is 9.62. The summed E-state index contributed by atoms with van der Waals surface area (Å²) in [6.07, 6.45) is 5.50. The quantitative estimate of drug-likeness (QED) is 0.547. The van der Waals surface area contributed by atoms with Crippen molar-refractivity contribution in [3.05, 3.63) is 23.8 Å². The maximum absolute atomic E-state index is 12.4. The van der Waals surface area contributed by atoms with Gasteiger partial charge in [-0.25, -0.2) is 0 Å². The Morgan fingerprint density at radius 2 is 2.16 bits per heavy atom. The van der Waals surface area contributed by atoms with Gasteiger partial charge < -0.3 is 9.53 Å². The Morgan fingerprint density at radius 3 is 2.68 bits per heavy atom. The van der Waals surface area contributed by atoms with Crippen molar-refractivity contribution < 1.29 is 14.3 Å². The van der Waals surface area contributed by atoms with Crippen LogP contribution in [0.2, 0.25) is 0 Å². The molecule has 0 aliphatic heterocycles. The molecule has 0 aromatic carbocycles. The van der Waals surface area contributed by atoms with E-state index in [0.717, 1.165) is 18.3 Å². The Labute approximate surface area is 115 Å². The van der Waals surface area contributed by atoms with Gasteiger partial charge >= 0.3 is 0 Å². The monoisotopic (exact) mass is 264 g/mol. The Balaban J connectivity index is 3.03. The number of hydrogen-bond acceptors (Lipinski definition) is 3. The lowest BCUT2D eigenvalue weighted by Gasteiger charge is -2.41. The van der Waals surface area contributed by atoms with Gasteiger partial charge in [0.05, 0.1) is 17.9 Å². The number of methoxy groups -OCH3 is 1. The third-order valence-corrected chi connectivity index (χ3v) is 3.94. The summed E-state index contributed by atoms with van der Waals surface area (Å²) in [6.45, 7) is 8.32. The molecule has 1 saturated carbocycles. The summed E-state index contributed by atoms with van der Waals surface area (Å²) in [5.74, 6) is -0.264. The maximum Gasteiger partial charge on any atom is 0.142 e. The van der Waals surface area contributed by atoms with Crippen LogP contribution >= 0.6 is 0 Å². The number of carbonyl (C=O) groups excluding carboxylic acids is 2. The molecule has 0 aromatic heterocycles. The molecule has 19 heavy (non-hydrogen) atoms. The predicted molar refractivity (Wildman–Crippen MR) is 75.9 cm³/mol. The first kappa shape index (κ1) is 15.8. The first-order valence-corrected chi connectivity index (χ1v) is 6.76. The number of ether oxygens (including phenoxy) is 1. The van der Waals surface area contributed by atoms with Crippen molar-refractivity contribution in [2.24, 2.45) is 11.3 Å². The van der Waals surface area contributed by atoms with Gasteiger partial charge in [-0.2, -0.15) is 0 Å². The molecule has 0 amide bonds. The van der Waals surface area contributed by atoms with Crippen LogP contribution in [0.3, 0.4) is 0 Å². The minimum Gasteiger partial charge on any atom is -0.384 e. The number of rotatable bonds is 6. The molecule has 0 bridgehead atoms. The number of ketones is 1. The van der Waals surface area contributed by atoms with Crippen LogP contribution in [0.4, 0.5) is 0 Å². The molecule has 0 radical (unpaired) electrons. The van der Waals surface area contributed by atoms with Crippen LogP contribution in [0.1, 0.15) is 39.5 Å². The van der Waals surface area contributed by atoms with E-state index in [1.54, 1.807) is 7.11 Å². The minimum atomic E-state index is -0.711. The van der Waals surface area contributed by atoms with Gasteiger partial charge in [0.1, 0.15) is 12.1 Å². The zero-order valence-corrected chi connectivity index (χ0v) is 12.2. The second kappa shape index (κ2) is 6.80. The molecule has 1 aliphatic carbocycles. The highest BCUT2D eigenvalue weighted by Gasteiger charge is 2.48. The fourth-order valence-electron chi connectivity index (χ4n) is 2.88. The van der Waals surface area contributed by atoms with Crippen molar-refractivity contribution in [1.82, 2.24) is 0 Å². The summed E-state index contributed by atoms with van der Waals surface area (Å²) >= 11 is 0. The van der Waals surface area contributed by atoms with Crippen LogP contribution in [0.5, 0.6) is 0 Å². The average Bonchev–Trinajstić information content (AvgIpc) is 2.34. The van der Waals surface area contributed by atoms with Gasteiger partial charge in [-0.1, -0.05) is 23.8 Å². The van der Waals surface area contributed by atoms with Gasteiger partial charge in [-0.15, -0.1) is 0 Å². The van der Waals surface area contributed by atoms with E-state index in [9.17, 15) is 9.59 Å². The molecule has 2 atom stereocenters. The van der Waals surface area contributed by atoms with E-state index in [4.69, 9.17) is 4.74 Å². The van der Waals surface area contributed by atoms with Gasteiger partial charge in [-0.3, -0.25) is 4.79 Å². The number of carbonyl (C=O) groups is 2. The highest BCUT2D eigenvalue weighted by Crippen LogP contribution is 2.44. The zero-order valence-electron chi connectivity index (χ0n) is 12.2. The van der Waals surface area contributed by atoms with E-state index >= 15 is 0 Å². The molecule has 0 aromatic rings. The molecule has 0 spiro atoms. The van der Waals surface area contributed by atoms with Crippen molar-refractivity contribution in [1.29, 1.82) is 0 Å². The highest BCUT2D eigenvalue weighted by molar-refractivity contribution is 5.91. The Bertz CT molecular complexity index is 391. The van der Waals surface area contributed by atoms with Crippen molar-refractivity contribution >= 4 is 12.1 Å². The molecular formula is C16H24O3. The lowest BCUT2D eigenvalue weighted by molar-refractivity contribution is -0.141. The molecule has 106 valence electrons. The number of allylic oxidation sites excluding steroid dienone is 3. The molecule has 1 fully saturated rings. The van der Waals surface area contributed by atoms with E-state index in [2.05, 4.69) is 12.7 Å². The van der Waals surface area contributed by atoms with Crippen molar-refractivity contribution in [3.63, 3.8) is 0 Å². The molecule has 1 aliphatic rings. The van der Waals surface area contributed by atoms with E-state index < -0.39 is 11.3 Å². The topological polar surface area (TPSA) is 43.4 Å². The summed E-state index contributed by atoms with van der Waals surface area (Å²) in [5.41, 5.74) is 1.37. The Morgan fingerprint density at radius 1 is 1.47 bits per heavy atom. The predicted octanol–water partition coefficient (Wildman–Crippen LogP) is 3.10. The van der Waals surface area contributed by atoms with Gasteiger partial charge in [0, 0.05) is 13.5 Å². The van der Waals surface area contributed by atoms with E-state index in [1.165, 1.54) is 5.57 Å². The third kappa shape index (κ3) is 3.41. The maximum atomic E-state index is 12.4. The summed E-state index contributed by atoms with van der Waals surface area (Å²) in [7, 11) is 1.58. The lowest BCUT2D eigenvalue weighted by Crippen LogP contribution is -2.47. The Hall–Kier alpha value is -1.22. The van der Waals surface area contributed by atoms with Crippen LogP contribution in [0.15, 0.2) is 23.8 Å². The van der Waals surface area contributed by atoms with Crippen molar-refractivity contribution in [2.75, 3.05) is 13.7 Å². The van der Waals surface area contributed by atoms with Crippen LogP contribution in [-0.2, 0) is 14.3 Å². The van der Waals surface area contributed by atoms with Crippen LogP contribution < -0.4 is 0 Å². The molecule has 0 heterocycles. The minimum absolute atomic E-state index is 0.140. The third-order valence-electron chi connectivity index (χ3n) is 3.94. The fraction of sp³-hybridized carbons (Fsp3) is 0.625. The Kier molecular flexibility index (Phi) is 5.67. The fourth-order valence-corrected chi connectivity index (χ4v) is 2.88. The first-order valence-electron chi connectivity index (χ1n) is 6.76. The molecule has 0 unspecified atom stereocenters. The van der Waals surface area contributed by atoms with Crippen molar-refractivity contribution in [2.45, 2.75) is 39.5 Å². The van der Waals surface area contributed by atoms with Crippen LogP contribution in [0, 0.1) is 11.3 Å². The summed E-state index contributed by atoms with van der Waals surface area (Å²) < 4.78 is 5.25. The molecule has 3 nitrogen and oxygen atoms in total. The van der Waals surface area contributed by atoms with E-state index in [0.29, 0.717) is 25.9 Å². The van der Waals surface area contributed by atoms with Crippen LogP contribution in [-0.4, -0.2) is 25.8 Å². The second-order valence-electron chi connectivity index (χ2n) is 5.60. The van der Waals surface area contributed by atoms with Gasteiger partial charge in [0.25, 0.3) is 0 Å². The van der Waals surface area contributed by atoms with E-state index in [-0.39, 0.29) is 5.78 Å². The number of Topliss-reactive ketones (excluding diaryl/α,β-unsaturated/α-hetero) is 1. The normalized spacial score (nSPS) is 27.2. The standard InChI is InChI=1S/C16H24O3/c1-12(2)6-5-9-16(11-19-4)14(10-17)13(3)7-8-15(16)18/h6,10,14H,3,5,7-9,11H2,1-2,4H3/t14-,16-/m0/s1. The molecule has 0 saturated heterocycles. The summed E-state index contributed by atoms with van der Waals surface area (Å²) in [4.78, 5) is 23.8. The summed E-state index contributed by atoms with van der Waals surface area (Å²) in [5, 5.41) is 0.